The molecule has 5 nitrogen and oxygen atoms in total. The van der Waals surface area contributed by atoms with Gasteiger partial charge in [0.2, 0.25) is 0 Å². The molecule has 0 aromatic heterocycles. The Labute approximate surface area is 63.6 Å². The van der Waals surface area contributed by atoms with Crippen LogP contribution >= 0.6 is 0 Å². The van der Waals surface area contributed by atoms with E-state index in [1.54, 1.807) is 0 Å². The smallest absolute Gasteiger partial charge is 0.344 e. The van der Waals surface area contributed by atoms with E-state index < -0.39 is 10.4 Å². The molecule has 0 amide bonds. The molecule has 1 radical (unpaired) electrons. The van der Waals surface area contributed by atoms with Gasteiger partial charge in [0, 0.05) is 29.6 Å². The summed E-state index contributed by atoms with van der Waals surface area (Å²) >= 11 is 0. The van der Waals surface area contributed by atoms with Crippen LogP contribution in [0.3, 0.4) is 0 Å². The first-order chi connectivity index (χ1) is 2.00. The van der Waals surface area contributed by atoms with Gasteiger partial charge in [0.25, 0.3) is 0 Å². The van der Waals surface area contributed by atoms with Crippen LogP contribution < -0.4 is 6.15 Å². The Kier molecular flexibility index (Phi) is 11.1. The Balaban J connectivity index is -0.0000000800. The Hall–Kier alpha value is 0.830. The average molecular weight is 138 g/mol. The quantitative estimate of drug-likeness (QED) is 0.297. The molecule has 0 unspecified atom stereocenters. The molecule has 0 saturated carbocycles. The van der Waals surface area contributed by atoms with Crippen LogP contribution in [0.4, 0.5) is 0 Å². The summed E-state index contributed by atoms with van der Waals surface area (Å²) in [5.41, 5.74) is 0. The maximum atomic E-state index is 8.74. The Morgan fingerprint density at radius 3 is 1.14 bits per heavy atom. The monoisotopic (exact) mass is 138 g/mol. The zero-order valence-corrected chi connectivity index (χ0v) is 6.64. The van der Waals surface area contributed by atoms with Gasteiger partial charge in [-0.25, -0.2) is 0 Å². The molecule has 5 N–H and O–H groups in total. The second-order valence-electron chi connectivity index (χ2n) is 0.448. The summed E-state index contributed by atoms with van der Waals surface area (Å²) in [6, 6.07) is 0. The normalized spacial score (nSPS) is 8.29. The second-order valence-corrected chi connectivity index (χ2v) is 1.34. The molecule has 0 bridgehead atoms. The van der Waals surface area contributed by atoms with Gasteiger partial charge in [0.1, 0.15) is 0 Å². The van der Waals surface area contributed by atoms with E-state index in [0.717, 1.165) is 0 Å². The molecular weight excluding hydrogens is 133 g/mol. The summed E-state index contributed by atoms with van der Waals surface area (Å²) in [6.45, 7) is 0. The van der Waals surface area contributed by atoms with Crippen molar-refractivity contribution in [2.24, 2.45) is 0 Å². The van der Waals surface area contributed by atoms with Gasteiger partial charge in [-0.3, -0.25) is 9.11 Å². The Bertz CT molecular complexity index is 94.9. The van der Waals surface area contributed by atoms with Gasteiger partial charge in [-0.05, 0) is 0 Å². The molecule has 41 valence electrons. The molecule has 0 atom stereocenters. The van der Waals surface area contributed by atoms with Gasteiger partial charge >= 0.3 is 10.4 Å². The van der Waals surface area contributed by atoms with Crippen LogP contribution in [0.5, 0.6) is 0 Å². The molecule has 0 aromatic rings. The van der Waals surface area contributed by atoms with Crippen molar-refractivity contribution in [2.75, 3.05) is 0 Å². The SMILES string of the molecule is N.O=S(=O)(O)O.[Na]. The molecule has 0 saturated heterocycles. The number of rotatable bonds is 0. The number of hydrogen-bond donors (Lipinski definition) is 3. The molecule has 0 spiro atoms. The third-order valence-electron chi connectivity index (χ3n) is 0. The summed E-state index contributed by atoms with van der Waals surface area (Å²) in [4.78, 5) is 0. The van der Waals surface area contributed by atoms with E-state index in [4.69, 9.17) is 17.5 Å². The summed E-state index contributed by atoms with van der Waals surface area (Å²) in [6.07, 6.45) is 0. The minimum absolute atomic E-state index is 0. The van der Waals surface area contributed by atoms with Crippen molar-refractivity contribution in [1.29, 1.82) is 0 Å². The third kappa shape index (κ3) is 231. The Morgan fingerprint density at radius 2 is 1.14 bits per heavy atom. The standard InChI is InChI=1S/H3N.Na.H2O4S/c;;1-5(2,3)4/h1H3;;(H2,1,2,3,4). The van der Waals surface area contributed by atoms with Crippen LogP contribution in [0.2, 0.25) is 0 Å². The van der Waals surface area contributed by atoms with Gasteiger partial charge in [0.05, 0.1) is 0 Å². The molecule has 0 fully saturated rings. The van der Waals surface area contributed by atoms with Gasteiger partial charge in [0.15, 0.2) is 0 Å². The van der Waals surface area contributed by atoms with E-state index in [1.165, 1.54) is 0 Å². The van der Waals surface area contributed by atoms with Crippen LogP contribution in [-0.4, -0.2) is 47.1 Å². The fraction of sp³-hybridized carbons (Fsp3) is 0. The summed E-state index contributed by atoms with van der Waals surface area (Å²) in [7, 11) is -4.67. The van der Waals surface area contributed by atoms with Crippen LogP contribution in [-0.2, 0) is 10.4 Å². The van der Waals surface area contributed by atoms with Crippen molar-refractivity contribution < 1.29 is 17.5 Å². The third-order valence-corrected chi connectivity index (χ3v) is 0. The average Bonchev–Trinajstić information content (AvgIpc) is 0.722. The predicted molar refractivity (Wildman–Crippen MR) is 25.0 cm³/mol. The first-order valence-electron chi connectivity index (χ1n) is 0.698. The van der Waals surface area contributed by atoms with Crippen LogP contribution in [0.1, 0.15) is 0 Å². The van der Waals surface area contributed by atoms with Crippen molar-refractivity contribution in [3.63, 3.8) is 0 Å². The van der Waals surface area contributed by atoms with Gasteiger partial charge in [-0.2, -0.15) is 8.42 Å². The van der Waals surface area contributed by atoms with Crippen LogP contribution in [0, 0.1) is 0 Å². The molecule has 7 heavy (non-hydrogen) atoms. The zero-order valence-electron chi connectivity index (χ0n) is 3.83. The molecule has 0 aliphatic rings. The molecule has 0 rings (SSSR count). The minimum Gasteiger partial charge on any atom is -0.344 e. The van der Waals surface area contributed by atoms with Crippen LogP contribution in [0.25, 0.3) is 0 Å². The molecule has 7 heteroatoms. The van der Waals surface area contributed by atoms with Crippen molar-refractivity contribution >= 4 is 40.0 Å². The van der Waals surface area contributed by atoms with Gasteiger partial charge in [-0.15, -0.1) is 0 Å². The van der Waals surface area contributed by atoms with Crippen molar-refractivity contribution in [3.05, 3.63) is 0 Å². The van der Waals surface area contributed by atoms with Crippen molar-refractivity contribution in [1.82, 2.24) is 6.15 Å². The maximum absolute atomic E-state index is 8.74. The molecule has 0 aliphatic carbocycles. The topological polar surface area (TPSA) is 110 Å². The first-order valence-corrected chi connectivity index (χ1v) is 2.10. The van der Waals surface area contributed by atoms with Crippen molar-refractivity contribution in [3.8, 4) is 0 Å². The van der Waals surface area contributed by atoms with Gasteiger partial charge < -0.3 is 6.15 Å². The zero-order chi connectivity index (χ0) is 4.50. The van der Waals surface area contributed by atoms with E-state index in [9.17, 15) is 0 Å². The number of hydrogen-bond acceptors (Lipinski definition) is 3. The van der Waals surface area contributed by atoms with E-state index in [-0.39, 0.29) is 35.7 Å². The van der Waals surface area contributed by atoms with Gasteiger partial charge in [-0.1, -0.05) is 0 Å². The summed E-state index contributed by atoms with van der Waals surface area (Å²) in [5.74, 6) is 0. The fourth-order valence-corrected chi connectivity index (χ4v) is 0. The maximum Gasteiger partial charge on any atom is 0.394 e. The van der Waals surface area contributed by atoms with Crippen molar-refractivity contribution in [2.45, 2.75) is 0 Å². The molecular formula is H5NNaO4S. The molecule has 0 aromatic carbocycles. The summed E-state index contributed by atoms with van der Waals surface area (Å²) in [5, 5.41) is 0. The molecule has 0 aliphatic heterocycles. The van der Waals surface area contributed by atoms with Crippen LogP contribution in [0.15, 0.2) is 0 Å². The summed E-state index contributed by atoms with van der Waals surface area (Å²) < 4.78 is 31.6. The first kappa shape index (κ1) is 15.7. The van der Waals surface area contributed by atoms with E-state index in [0.29, 0.717) is 0 Å². The van der Waals surface area contributed by atoms with E-state index >= 15 is 0 Å². The van der Waals surface area contributed by atoms with E-state index in [2.05, 4.69) is 0 Å². The largest absolute Gasteiger partial charge is 0.394 e. The predicted octanol–water partition coefficient (Wildman–Crippen LogP) is -0.872. The second kappa shape index (κ2) is 4.98. The Morgan fingerprint density at radius 1 is 1.14 bits per heavy atom. The fourth-order valence-electron chi connectivity index (χ4n) is 0. The molecule has 0 heterocycles. The van der Waals surface area contributed by atoms with E-state index in [1.807, 2.05) is 0 Å². The minimum atomic E-state index is -4.67.